The molecule has 0 bridgehead atoms. The zero-order valence-corrected chi connectivity index (χ0v) is 26.5. The van der Waals surface area contributed by atoms with Crippen LogP contribution in [0.3, 0.4) is 0 Å². The van der Waals surface area contributed by atoms with E-state index in [1.54, 1.807) is 41.3 Å². The second-order valence-corrected chi connectivity index (χ2v) is 11.4. The van der Waals surface area contributed by atoms with Crippen LogP contribution in [0.1, 0.15) is 53.3 Å². The van der Waals surface area contributed by atoms with Gasteiger partial charge in [0.1, 0.15) is 11.6 Å². The number of halogens is 1. The number of rotatable bonds is 12. The van der Waals surface area contributed by atoms with E-state index >= 15 is 0 Å². The number of piperidine rings is 1. The third kappa shape index (κ3) is 8.04. The summed E-state index contributed by atoms with van der Waals surface area (Å²) in [6, 6.07) is 15.9. The van der Waals surface area contributed by atoms with Crippen molar-refractivity contribution in [2.75, 3.05) is 50.1 Å². The number of Topliss-reactive ketones (excluding diaryl/α,β-unsaturated/α-hetero) is 1. The largest absolute Gasteiger partial charge is 0.495 e. The Labute approximate surface area is 273 Å². The number of carbonyl (C=O) groups excluding carboxylic acids is 4. The second-order valence-electron chi connectivity index (χ2n) is 11.4. The number of unbranched alkanes of at least 4 members (excludes halogenated alkanes) is 1. The van der Waals surface area contributed by atoms with E-state index in [9.17, 15) is 23.6 Å². The number of anilines is 2. The molecule has 2 aliphatic heterocycles. The number of hydrogen-bond donors (Lipinski definition) is 1. The molecule has 3 aromatic rings. The topological polar surface area (TPSA) is 114 Å². The van der Waals surface area contributed by atoms with Crippen LogP contribution in [0.15, 0.2) is 72.8 Å². The van der Waals surface area contributed by atoms with Crippen molar-refractivity contribution in [3.8, 4) is 17.2 Å². The number of hydrogen-bond acceptors (Lipinski definition) is 9. The van der Waals surface area contributed by atoms with E-state index in [1.807, 2.05) is 6.92 Å². The molecule has 0 aliphatic carbocycles. The smallest absolute Gasteiger partial charge is 0.336 e. The fourth-order valence-corrected chi connectivity index (χ4v) is 5.72. The minimum absolute atomic E-state index is 0.00434. The Morgan fingerprint density at radius 1 is 0.957 bits per heavy atom. The number of methoxy groups -OCH3 is 1. The SMILES string of the molecule is CCCCNc1ccc(C(=O)N(CCN2CCC(C(=O)c3ccc(F)cc3)CC2)c2ccccc2OC)c2c1OC(=O)/C=C/C(=O)O2. The fraction of sp³-hybridized carbons (Fsp3) is 0.333. The molecular formula is C36H38FN3O7. The number of ether oxygens (including phenoxy) is 3. The van der Waals surface area contributed by atoms with Crippen molar-refractivity contribution in [2.24, 2.45) is 5.92 Å². The Hall–Kier alpha value is -5.03. The molecule has 10 nitrogen and oxygen atoms in total. The number of nitrogens with one attached hydrogen (secondary N) is 1. The number of ketones is 1. The van der Waals surface area contributed by atoms with Crippen LogP contribution in [0.4, 0.5) is 15.8 Å². The van der Waals surface area contributed by atoms with Crippen molar-refractivity contribution in [2.45, 2.75) is 32.6 Å². The maximum atomic E-state index is 14.4. The average molecular weight is 644 g/mol. The number of fused-ring (bicyclic) bond motifs is 1. The van der Waals surface area contributed by atoms with Crippen LogP contribution in [0, 0.1) is 11.7 Å². The van der Waals surface area contributed by atoms with Gasteiger partial charge in [-0.3, -0.25) is 9.59 Å². The quantitative estimate of drug-likeness (QED) is 0.115. The molecule has 0 atom stereocenters. The number of carbonyl (C=O) groups is 4. The van der Waals surface area contributed by atoms with Crippen molar-refractivity contribution < 1.29 is 37.8 Å². The molecule has 1 saturated heterocycles. The maximum Gasteiger partial charge on any atom is 0.336 e. The van der Waals surface area contributed by atoms with Crippen molar-refractivity contribution in [3.05, 3.63) is 89.8 Å². The first-order chi connectivity index (χ1) is 22.8. The summed E-state index contributed by atoms with van der Waals surface area (Å²) in [5.41, 5.74) is 1.46. The van der Waals surface area contributed by atoms with Crippen molar-refractivity contribution in [1.29, 1.82) is 0 Å². The molecule has 1 N–H and O–H groups in total. The molecule has 1 amide bonds. The summed E-state index contributed by atoms with van der Waals surface area (Å²) in [4.78, 5) is 56.3. The van der Waals surface area contributed by atoms with Crippen LogP contribution in [0.2, 0.25) is 0 Å². The Balaban J connectivity index is 1.40. The molecule has 0 aromatic heterocycles. The van der Waals surface area contributed by atoms with Gasteiger partial charge in [0.2, 0.25) is 0 Å². The predicted octanol–water partition coefficient (Wildman–Crippen LogP) is 5.67. The lowest BCUT2D eigenvalue weighted by molar-refractivity contribution is -0.133. The van der Waals surface area contributed by atoms with E-state index in [0.29, 0.717) is 61.7 Å². The lowest BCUT2D eigenvalue weighted by Crippen LogP contribution is -2.43. The average Bonchev–Trinajstić information content (AvgIpc) is 3.08. The maximum absolute atomic E-state index is 14.4. The molecule has 2 heterocycles. The molecule has 11 heteroatoms. The second kappa shape index (κ2) is 15.5. The van der Waals surface area contributed by atoms with Crippen molar-refractivity contribution in [3.63, 3.8) is 0 Å². The van der Waals surface area contributed by atoms with Gasteiger partial charge in [-0.05, 0) is 80.9 Å². The first-order valence-electron chi connectivity index (χ1n) is 15.8. The minimum Gasteiger partial charge on any atom is -0.495 e. The van der Waals surface area contributed by atoms with Gasteiger partial charge in [0.05, 0.1) is 24.0 Å². The zero-order valence-electron chi connectivity index (χ0n) is 26.5. The Kier molecular flexibility index (Phi) is 11.0. The molecular weight excluding hydrogens is 605 g/mol. The highest BCUT2D eigenvalue weighted by Gasteiger charge is 2.31. The highest BCUT2D eigenvalue weighted by atomic mass is 19.1. The first-order valence-corrected chi connectivity index (χ1v) is 15.8. The fourth-order valence-electron chi connectivity index (χ4n) is 5.72. The minimum atomic E-state index is -0.815. The molecule has 3 aromatic carbocycles. The molecule has 47 heavy (non-hydrogen) atoms. The summed E-state index contributed by atoms with van der Waals surface area (Å²) in [6.45, 7) is 4.63. The highest BCUT2D eigenvalue weighted by molar-refractivity contribution is 6.11. The van der Waals surface area contributed by atoms with Crippen LogP contribution in [0.5, 0.6) is 17.2 Å². The molecule has 1 fully saturated rings. The predicted molar refractivity (Wildman–Crippen MR) is 175 cm³/mol. The van der Waals surface area contributed by atoms with Gasteiger partial charge in [0.25, 0.3) is 5.91 Å². The third-order valence-electron chi connectivity index (χ3n) is 8.30. The van der Waals surface area contributed by atoms with E-state index in [2.05, 4.69) is 10.2 Å². The van der Waals surface area contributed by atoms with Gasteiger partial charge in [-0.2, -0.15) is 0 Å². The van der Waals surface area contributed by atoms with Crippen LogP contribution in [-0.2, 0) is 9.59 Å². The standard InChI is InChI=1S/C36H38FN3O7/c1-3-4-19-38-28-14-13-27(34-35(28)47-32(42)16-15-31(41)46-34)36(44)40(29-7-5-6-8-30(29)45-2)23-22-39-20-17-25(18-21-39)33(43)24-9-11-26(37)12-10-24/h5-16,25,38H,3-4,17-23H2,1-2H3/b16-15+. The Morgan fingerprint density at radius 2 is 1.64 bits per heavy atom. The molecule has 0 radical (unpaired) electrons. The number of esters is 2. The van der Waals surface area contributed by atoms with Crippen molar-refractivity contribution >= 4 is 35.0 Å². The lowest BCUT2D eigenvalue weighted by Gasteiger charge is -2.33. The number of nitrogens with zero attached hydrogens (tertiary/aromatic N) is 2. The first kappa shape index (κ1) is 33.3. The monoisotopic (exact) mass is 643 g/mol. The molecule has 0 spiro atoms. The Bertz CT molecular complexity index is 1650. The number of benzene rings is 3. The van der Waals surface area contributed by atoms with E-state index in [1.165, 1.54) is 31.4 Å². The molecule has 0 saturated carbocycles. The Morgan fingerprint density at radius 3 is 2.32 bits per heavy atom. The van der Waals surface area contributed by atoms with Gasteiger partial charge in [-0.15, -0.1) is 0 Å². The molecule has 0 unspecified atom stereocenters. The van der Waals surface area contributed by atoms with Gasteiger partial charge >= 0.3 is 11.9 Å². The lowest BCUT2D eigenvalue weighted by atomic mass is 9.89. The van der Waals surface area contributed by atoms with E-state index in [0.717, 1.165) is 25.0 Å². The zero-order chi connectivity index (χ0) is 33.3. The van der Waals surface area contributed by atoms with E-state index in [4.69, 9.17) is 14.2 Å². The van der Waals surface area contributed by atoms with Gasteiger partial charge in [-0.25, -0.2) is 14.0 Å². The summed E-state index contributed by atoms with van der Waals surface area (Å²) >= 11 is 0. The van der Waals surface area contributed by atoms with Crippen LogP contribution >= 0.6 is 0 Å². The highest BCUT2D eigenvalue weighted by Crippen LogP contribution is 2.41. The summed E-state index contributed by atoms with van der Waals surface area (Å²) in [6.07, 6.45) is 4.98. The van der Waals surface area contributed by atoms with Gasteiger partial charge in [-0.1, -0.05) is 25.5 Å². The molecule has 246 valence electrons. The summed E-state index contributed by atoms with van der Waals surface area (Å²) < 4.78 is 30.1. The van der Waals surface area contributed by atoms with Gasteiger partial charge < -0.3 is 29.3 Å². The normalized spacial score (nSPS) is 15.8. The summed E-state index contributed by atoms with van der Waals surface area (Å²) in [5.74, 6) is -2.34. The van der Waals surface area contributed by atoms with Crippen LogP contribution in [-0.4, -0.2) is 68.4 Å². The van der Waals surface area contributed by atoms with E-state index < -0.39 is 17.8 Å². The summed E-state index contributed by atoms with van der Waals surface area (Å²) in [5, 5.41) is 3.21. The molecule has 2 aliphatic rings. The van der Waals surface area contributed by atoms with Gasteiger partial charge in [0.15, 0.2) is 17.3 Å². The van der Waals surface area contributed by atoms with Crippen molar-refractivity contribution in [1.82, 2.24) is 4.90 Å². The van der Waals surface area contributed by atoms with Gasteiger partial charge in [0, 0.05) is 43.3 Å². The number of amides is 1. The van der Waals surface area contributed by atoms with Crippen LogP contribution < -0.4 is 24.4 Å². The summed E-state index contributed by atoms with van der Waals surface area (Å²) in [7, 11) is 1.52. The molecule has 5 rings (SSSR count). The number of likely N-dealkylation sites (tertiary alicyclic amines) is 1. The van der Waals surface area contributed by atoms with E-state index in [-0.39, 0.29) is 41.1 Å². The third-order valence-corrected chi connectivity index (χ3v) is 8.30. The van der Waals surface area contributed by atoms with Crippen LogP contribution in [0.25, 0.3) is 0 Å². The number of para-hydroxylation sites is 2.